The number of amides is 1. The van der Waals surface area contributed by atoms with Crippen molar-refractivity contribution < 1.29 is 4.79 Å². The lowest BCUT2D eigenvalue weighted by molar-refractivity contribution is 0.100. The molecule has 1 aliphatic rings. The first-order chi connectivity index (χ1) is 7.16. The highest BCUT2D eigenvalue weighted by Gasteiger charge is 2.20. The maximum atomic E-state index is 10.9. The number of carbonyl (C=O) groups is 1. The molecule has 1 unspecified atom stereocenters. The van der Waals surface area contributed by atoms with Crippen molar-refractivity contribution in [1.82, 2.24) is 4.90 Å². The smallest absolute Gasteiger partial charge is 0.248 e. The fraction of sp³-hybridized carbons (Fsp3) is 0.417. The molecule has 2 rings (SSSR count). The maximum absolute atomic E-state index is 10.9. The fourth-order valence-electron chi connectivity index (χ4n) is 2.13. The summed E-state index contributed by atoms with van der Waals surface area (Å²) < 4.78 is 0. The van der Waals surface area contributed by atoms with Crippen LogP contribution in [0.15, 0.2) is 24.3 Å². The first-order valence-corrected chi connectivity index (χ1v) is 5.25. The highest BCUT2D eigenvalue weighted by molar-refractivity contribution is 5.92. The quantitative estimate of drug-likeness (QED) is 0.787. The number of likely N-dealkylation sites (tertiary alicyclic amines) is 1. The van der Waals surface area contributed by atoms with E-state index in [0.29, 0.717) is 11.5 Å². The lowest BCUT2D eigenvalue weighted by atomic mass is 9.97. The van der Waals surface area contributed by atoms with Crippen LogP contribution in [0.5, 0.6) is 0 Å². The van der Waals surface area contributed by atoms with Crippen molar-refractivity contribution in [1.29, 1.82) is 0 Å². The molecule has 1 atom stereocenters. The molecule has 3 nitrogen and oxygen atoms in total. The number of nitrogens with zero attached hydrogens (tertiary/aromatic N) is 1. The Morgan fingerprint density at radius 1 is 1.40 bits per heavy atom. The van der Waals surface area contributed by atoms with Gasteiger partial charge in [-0.2, -0.15) is 0 Å². The lowest BCUT2D eigenvalue weighted by Gasteiger charge is -2.10. The number of hydrogen-bond acceptors (Lipinski definition) is 2. The van der Waals surface area contributed by atoms with Crippen LogP contribution < -0.4 is 5.73 Å². The topological polar surface area (TPSA) is 46.3 Å². The molecule has 1 aliphatic heterocycles. The molecule has 3 heteroatoms. The van der Waals surface area contributed by atoms with E-state index in [4.69, 9.17) is 5.73 Å². The SMILES string of the molecule is CN1CCC(c2ccc(C(N)=O)cc2)C1. The molecule has 0 spiro atoms. The number of benzene rings is 1. The van der Waals surface area contributed by atoms with Gasteiger partial charge in [-0.3, -0.25) is 4.79 Å². The normalized spacial score (nSPS) is 21.8. The maximum Gasteiger partial charge on any atom is 0.248 e. The first kappa shape index (κ1) is 10.2. The molecule has 1 aromatic carbocycles. The van der Waals surface area contributed by atoms with Crippen LogP contribution in [-0.2, 0) is 0 Å². The molecule has 0 bridgehead atoms. The van der Waals surface area contributed by atoms with Crippen LogP contribution in [0.4, 0.5) is 0 Å². The zero-order valence-electron chi connectivity index (χ0n) is 8.94. The molecule has 0 aromatic heterocycles. The van der Waals surface area contributed by atoms with Crippen molar-refractivity contribution >= 4 is 5.91 Å². The van der Waals surface area contributed by atoms with Crippen LogP contribution in [0.2, 0.25) is 0 Å². The summed E-state index contributed by atoms with van der Waals surface area (Å²) in [5, 5.41) is 0. The van der Waals surface area contributed by atoms with E-state index in [0.717, 1.165) is 13.1 Å². The van der Waals surface area contributed by atoms with Crippen molar-refractivity contribution in [2.45, 2.75) is 12.3 Å². The summed E-state index contributed by atoms with van der Waals surface area (Å²) in [5.41, 5.74) is 7.09. The van der Waals surface area contributed by atoms with Gasteiger partial charge in [0, 0.05) is 12.1 Å². The number of carbonyl (C=O) groups excluding carboxylic acids is 1. The Kier molecular flexibility index (Phi) is 2.73. The van der Waals surface area contributed by atoms with E-state index < -0.39 is 0 Å². The highest BCUT2D eigenvalue weighted by Crippen LogP contribution is 2.26. The average Bonchev–Trinajstić information content (AvgIpc) is 2.65. The minimum absolute atomic E-state index is 0.356. The number of nitrogens with two attached hydrogens (primary N) is 1. The zero-order valence-corrected chi connectivity index (χ0v) is 8.94. The summed E-state index contributed by atoms with van der Waals surface area (Å²) in [7, 11) is 2.14. The summed E-state index contributed by atoms with van der Waals surface area (Å²) in [6.45, 7) is 2.26. The van der Waals surface area contributed by atoms with E-state index in [9.17, 15) is 4.79 Å². The second kappa shape index (κ2) is 4.03. The Hall–Kier alpha value is -1.35. The standard InChI is InChI=1S/C12H16N2O/c1-14-7-6-11(8-14)9-2-4-10(5-3-9)12(13)15/h2-5,11H,6-8H2,1H3,(H2,13,15). The van der Waals surface area contributed by atoms with E-state index >= 15 is 0 Å². The molecular weight excluding hydrogens is 188 g/mol. The minimum Gasteiger partial charge on any atom is -0.366 e. The molecule has 1 heterocycles. The van der Waals surface area contributed by atoms with Gasteiger partial charge < -0.3 is 10.6 Å². The fourth-order valence-corrected chi connectivity index (χ4v) is 2.13. The third-order valence-electron chi connectivity index (χ3n) is 3.06. The monoisotopic (exact) mass is 204 g/mol. The van der Waals surface area contributed by atoms with Crippen LogP contribution in [0.1, 0.15) is 28.3 Å². The van der Waals surface area contributed by atoms with E-state index in [-0.39, 0.29) is 5.91 Å². The van der Waals surface area contributed by atoms with Crippen LogP contribution in [0.25, 0.3) is 0 Å². The van der Waals surface area contributed by atoms with Gasteiger partial charge in [-0.05, 0) is 43.6 Å². The number of likely N-dealkylation sites (N-methyl/N-ethyl adjacent to an activating group) is 1. The number of hydrogen-bond donors (Lipinski definition) is 1. The Morgan fingerprint density at radius 2 is 2.07 bits per heavy atom. The Labute approximate surface area is 89.9 Å². The Balaban J connectivity index is 2.13. The van der Waals surface area contributed by atoms with E-state index in [1.54, 1.807) is 0 Å². The van der Waals surface area contributed by atoms with Gasteiger partial charge in [-0.25, -0.2) is 0 Å². The van der Waals surface area contributed by atoms with Crippen LogP contribution >= 0.6 is 0 Å². The predicted octanol–water partition coefficient (Wildman–Crippen LogP) is 1.20. The van der Waals surface area contributed by atoms with Gasteiger partial charge in [0.25, 0.3) is 0 Å². The van der Waals surface area contributed by atoms with Crippen LogP contribution in [0, 0.1) is 0 Å². The van der Waals surface area contributed by atoms with Crippen molar-refractivity contribution in [2.75, 3.05) is 20.1 Å². The number of primary amides is 1. The average molecular weight is 204 g/mol. The van der Waals surface area contributed by atoms with E-state index in [2.05, 4.69) is 11.9 Å². The zero-order chi connectivity index (χ0) is 10.8. The van der Waals surface area contributed by atoms with Gasteiger partial charge in [-0.1, -0.05) is 12.1 Å². The molecule has 1 amide bonds. The van der Waals surface area contributed by atoms with Gasteiger partial charge in [0.05, 0.1) is 0 Å². The van der Waals surface area contributed by atoms with Gasteiger partial charge >= 0.3 is 0 Å². The summed E-state index contributed by atoms with van der Waals surface area (Å²) in [6.07, 6.45) is 1.20. The predicted molar refractivity (Wildman–Crippen MR) is 59.8 cm³/mol. The molecule has 0 saturated carbocycles. The molecular formula is C12H16N2O. The first-order valence-electron chi connectivity index (χ1n) is 5.25. The van der Waals surface area contributed by atoms with Crippen molar-refractivity contribution in [3.05, 3.63) is 35.4 Å². The molecule has 80 valence electrons. The lowest BCUT2D eigenvalue weighted by Crippen LogP contribution is -2.13. The molecule has 1 saturated heterocycles. The van der Waals surface area contributed by atoms with Crippen molar-refractivity contribution in [3.8, 4) is 0 Å². The van der Waals surface area contributed by atoms with Gasteiger partial charge in [0.1, 0.15) is 0 Å². The van der Waals surface area contributed by atoms with Gasteiger partial charge in [-0.15, -0.1) is 0 Å². The summed E-state index contributed by atoms with van der Waals surface area (Å²) >= 11 is 0. The van der Waals surface area contributed by atoms with Crippen LogP contribution in [-0.4, -0.2) is 30.9 Å². The number of rotatable bonds is 2. The molecule has 15 heavy (non-hydrogen) atoms. The Morgan fingerprint density at radius 3 is 2.53 bits per heavy atom. The highest BCUT2D eigenvalue weighted by atomic mass is 16.1. The van der Waals surface area contributed by atoms with Crippen molar-refractivity contribution in [2.24, 2.45) is 5.73 Å². The molecule has 1 fully saturated rings. The minimum atomic E-state index is -0.356. The largest absolute Gasteiger partial charge is 0.366 e. The van der Waals surface area contributed by atoms with E-state index in [1.165, 1.54) is 12.0 Å². The van der Waals surface area contributed by atoms with Gasteiger partial charge in [0.15, 0.2) is 0 Å². The van der Waals surface area contributed by atoms with Gasteiger partial charge in [0.2, 0.25) is 5.91 Å². The summed E-state index contributed by atoms with van der Waals surface area (Å²) in [4.78, 5) is 13.2. The molecule has 0 aliphatic carbocycles. The third-order valence-corrected chi connectivity index (χ3v) is 3.06. The van der Waals surface area contributed by atoms with E-state index in [1.807, 2.05) is 24.3 Å². The Bertz CT molecular complexity index is 358. The summed E-state index contributed by atoms with van der Waals surface area (Å²) in [5.74, 6) is 0.252. The summed E-state index contributed by atoms with van der Waals surface area (Å²) in [6, 6.07) is 7.67. The molecule has 1 aromatic rings. The third kappa shape index (κ3) is 2.18. The molecule has 0 radical (unpaired) electrons. The second-order valence-corrected chi connectivity index (χ2v) is 4.23. The molecule has 2 N–H and O–H groups in total. The van der Waals surface area contributed by atoms with Crippen molar-refractivity contribution in [3.63, 3.8) is 0 Å². The van der Waals surface area contributed by atoms with Crippen LogP contribution in [0.3, 0.4) is 0 Å². The second-order valence-electron chi connectivity index (χ2n) is 4.23.